The fourth-order valence-corrected chi connectivity index (χ4v) is 2.09. The average Bonchev–Trinajstić information content (AvgIpc) is 2.54. The van der Waals surface area contributed by atoms with Crippen molar-refractivity contribution >= 4 is 17.8 Å². The van der Waals surface area contributed by atoms with Gasteiger partial charge in [-0.25, -0.2) is 4.39 Å². The summed E-state index contributed by atoms with van der Waals surface area (Å²) in [5, 5.41) is 18.6. The molecule has 4 heteroatoms. The van der Waals surface area contributed by atoms with Gasteiger partial charge >= 0.3 is 0 Å². The van der Waals surface area contributed by atoms with Gasteiger partial charge in [0.2, 0.25) is 0 Å². The van der Waals surface area contributed by atoms with Gasteiger partial charge in [0, 0.05) is 19.3 Å². The molecule has 0 aliphatic heterocycles. The molecule has 0 heterocycles. The van der Waals surface area contributed by atoms with E-state index in [1.54, 1.807) is 12.1 Å². The second kappa shape index (κ2) is 7.61. The van der Waals surface area contributed by atoms with E-state index in [1.807, 2.05) is 60.5 Å². The van der Waals surface area contributed by atoms with Gasteiger partial charge in [-0.05, 0) is 35.4 Å². The minimum absolute atomic E-state index is 0.250. The molecule has 2 aromatic rings. The molecule has 116 valence electrons. The molecule has 0 aliphatic carbocycles. The molecule has 2 rings (SSSR count). The molecule has 0 aromatic heterocycles. The number of aromatic hydroxyl groups is 1. The number of rotatable bonds is 6. The number of aliphatic hydroxyl groups excluding tert-OH is 1. The van der Waals surface area contributed by atoms with Gasteiger partial charge in [-0.3, -0.25) is 0 Å². The molecule has 1 unspecified atom stereocenters. The molecule has 0 amide bonds. The lowest BCUT2D eigenvalue weighted by atomic mass is 10.1. The van der Waals surface area contributed by atoms with E-state index in [0.29, 0.717) is 0 Å². The highest BCUT2D eigenvalue weighted by Gasteiger charge is 2.07. The van der Waals surface area contributed by atoms with Crippen LogP contribution >= 0.6 is 0 Å². The Balaban J connectivity index is 2.01. The van der Waals surface area contributed by atoms with Crippen LogP contribution in [0, 0.1) is 0 Å². The summed E-state index contributed by atoms with van der Waals surface area (Å²) < 4.78 is 12.3. The SMILES string of the molecule is CN(CC(O)CF)c1ccc(C=Cc2ccc(O)cc2)cc1. The summed E-state index contributed by atoms with van der Waals surface area (Å²) in [6, 6.07) is 14.8. The summed E-state index contributed by atoms with van der Waals surface area (Å²) in [4.78, 5) is 1.82. The third kappa shape index (κ3) is 4.60. The number of phenols is 1. The quantitative estimate of drug-likeness (QED) is 0.804. The zero-order valence-electron chi connectivity index (χ0n) is 12.5. The van der Waals surface area contributed by atoms with Crippen LogP contribution in [0.4, 0.5) is 10.1 Å². The van der Waals surface area contributed by atoms with Gasteiger partial charge in [0.1, 0.15) is 12.4 Å². The molecule has 1 atom stereocenters. The minimum Gasteiger partial charge on any atom is -0.508 e. The maximum atomic E-state index is 12.3. The number of alkyl halides is 1. The van der Waals surface area contributed by atoms with Crippen LogP contribution in [0.5, 0.6) is 5.75 Å². The first kappa shape index (κ1) is 16.0. The highest BCUT2D eigenvalue weighted by Crippen LogP contribution is 2.17. The Morgan fingerprint density at radius 1 is 1.00 bits per heavy atom. The number of anilines is 1. The Morgan fingerprint density at radius 2 is 1.50 bits per heavy atom. The number of hydrogen-bond donors (Lipinski definition) is 2. The van der Waals surface area contributed by atoms with Gasteiger partial charge in [-0.15, -0.1) is 0 Å². The Morgan fingerprint density at radius 3 is 2.00 bits per heavy atom. The first-order valence-electron chi connectivity index (χ1n) is 7.11. The molecule has 0 radical (unpaired) electrons. The van der Waals surface area contributed by atoms with Gasteiger partial charge in [-0.1, -0.05) is 36.4 Å². The molecule has 0 bridgehead atoms. The van der Waals surface area contributed by atoms with Crippen molar-refractivity contribution in [1.82, 2.24) is 0 Å². The van der Waals surface area contributed by atoms with E-state index in [0.717, 1.165) is 16.8 Å². The van der Waals surface area contributed by atoms with E-state index in [9.17, 15) is 14.6 Å². The van der Waals surface area contributed by atoms with Crippen molar-refractivity contribution in [3.8, 4) is 5.75 Å². The van der Waals surface area contributed by atoms with Gasteiger partial charge in [0.05, 0.1) is 6.10 Å². The summed E-state index contributed by atoms with van der Waals surface area (Å²) in [5.41, 5.74) is 2.97. The smallest absolute Gasteiger partial charge is 0.117 e. The zero-order chi connectivity index (χ0) is 15.9. The highest BCUT2D eigenvalue weighted by atomic mass is 19.1. The number of phenolic OH excluding ortho intramolecular Hbond substituents is 1. The van der Waals surface area contributed by atoms with E-state index in [1.165, 1.54) is 0 Å². The molecule has 22 heavy (non-hydrogen) atoms. The summed E-state index contributed by atoms with van der Waals surface area (Å²) in [7, 11) is 1.82. The van der Waals surface area contributed by atoms with Crippen molar-refractivity contribution in [2.24, 2.45) is 0 Å². The first-order chi connectivity index (χ1) is 10.6. The van der Waals surface area contributed by atoms with E-state index in [-0.39, 0.29) is 12.3 Å². The molecule has 0 spiro atoms. The third-order valence-corrected chi connectivity index (χ3v) is 3.36. The maximum Gasteiger partial charge on any atom is 0.117 e. The first-order valence-corrected chi connectivity index (χ1v) is 7.11. The highest BCUT2D eigenvalue weighted by molar-refractivity contribution is 5.70. The number of likely N-dealkylation sites (N-methyl/N-ethyl adjacent to an activating group) is 1. The fraction of sp³-hybridized carbons (Fsp3) is 0.222. The van der Waals surface area contributed by atoms with Crippen LogP contribution in [-0.2, 0) is 0 Å². The monoisotopic (exact) mass is 301 g/mol. The van der Waals surface area contributed by atoms with Gasteiger partial charge < -0.3 is 15.1 Å². The molecular weight excluding hydrogens is 281 g/mol. The predicted octanol–water partition coefficient (Wildman–Crippen LogP) is 3.33. The largest absolute Gasteiger partial charge is 0.508 e. The average molecular weight is 301 g/mol. The molecule has 2 aromatic carbocycles. The normalized spacial score (nSPS) is 12.5. The molecule has 0 saturated heterocycles. The van der Waals surface area contributed by atoms with E-state index < -0.39 is 12.8 Å². The van der Waals surface area contributed by atoms with E-state index in [2.05, 4.69) is 0 Å². The number of halogens is 1. The molecular formula is C18H20FNO2. The van der Waals surface area contributed by atoms with Crippen LogP contribution in [0.3, 0.4) is 0 Å². The van der Waals surface area contributed by atoms with Gasteiger partial charge in [-0.2, -0.15) is 0 Å². The predicted molar refractivity (Wildman–Crippen MR) is 88.7 cm³/mol. The van der Waals surface area contributed by atoms with Crippen LogP contribution < -0.4 is 4.90 Å². The van der Waals surface area contributed by atoms with E-state index >= 15 is 0 Å². The zero-order valence-corrected chi connectivity index (χ0v) is 12.5. The Labute approximate surface area is 130 Å². The lowest BCUT2D eigenvalue weighted by Gasteiger charge is -2.21. The minimum atomic E-state index is -0.959. The van der Waals surface area contributed by atoms with Crippen molar-refractivity contribution in [3.63, 3.8) is 0 Å². The Kier molecular flexibility index (Phi) is 5.55. The number of aliphatic hydroxyl groups is 1. The second-order valence-electron chi connectivity index (χ2n) is 5.21. The lowest BCUT2D eigenvalue weighted by Crippen LogP contribution is -2.30. The van der Waals surface area contributed by atoms with Crippen LogP contribution in [0.1, 0.15) is 11.1 Å². The molecule has 0 saturated carbocycles. The summed E-state index contributed by atoms with van der Waals surface area (Å²) in [6.07, 6.45) is 2.98. The third-order valence-electron chi connectivity index (χ3n) is 3.36. The van der Waals surface area contributed by atoms with Gasteiger partial charge in [0.15, 0.2) is 0 Å². The maximum absolute atomic E-state index is 12.3. The number of hydrogen-bond acceptors (Lipinski definition) is 3. The summed E-state index contributed by atoms with van der Waals surface area (Å²) in [5.74, 6) is 0.250. The van der Waals surface area contributed by atoms with E-state index in [4.69, 9.17) is 0 Å². The second-order valence-corrected chi connectivity index (χ2v) is 5.21. The van der Waals surface area contributed by atoms with Crippen LogP contribution in [-0.4, -0.2) is 36.6 Å². The Hall–Kier alpha value is -2.33. The topological polar surface area (TPSA) is 43.7 Å². The molecule has 0 aliphatic rings. The summed E-state index contributed by atoms with van der Waals surface area (Å²) in [6.45, 7) is -0.475. The van der Waals surface area contributed by atoms with Crippen LogP contribution in [0.2, 0.25) is 0 Å². The van der Waals surface area contributed by atoms with Crippen molar-refractivity contribution in [1.29, 1.82) is 0 Å². The standard InChI is InChI=1S/C18H20FNO2/c1-20(13-18(22)12-19)16-8-4-14(5-9-16)2-3-15-6-10-17(21)11-7-15/h2-11,18,21-22H,12-13H2,1H3. The Bertz CT molecular complexity index is 608. The van der Waals surface area contributed by atoms with Gasteiger partial charge in [0.25, 0.3) is 0 Å². The van der Waals surface area contributed by atoms with Crippen molar-refractivity contribution in [2.45, 2.75) is 6.10 Å². The van der Waals surface area contributed by atoms with Crippen LogP contribution in [0.15, 0.2) is 48.5 Å². The number of nitrogens with zero attached hydrogens (tertiary/aromatic N) is 1. The summed E-state index contributed by atoms with van der Waals surface area (Å²) >= 11 is 0. The van der Waals surface area contributed by atoms with Crippen LogP contribution in [0.25, 0.3) is 12.2 Å². The fourth-order valence-electron chi connectivity index (χ4n) is 2.09. The molecule has 2 N–H and O–H groups in total. The lowest BCUT2D eigenvalue weighted by molar-refractivity contribution is 0.146. The van der Waals surface area contributed by atoms with Crippen molar-refractivity contribution < 1.29 is 14.6 Å². The molecule has 3 nitrogen and oxygen atoms in total. The van der Waals surface area contributed by atoms with Crippen molar-refractivity contribution in [2.75, 3.05) is 25.2 Å². The molecule has 0 fully saturated rings. The number of benzene rings is 2. The van der Waals surface area contributed by atoms with Crippen molar-refractivity contribution in [3.05, 3.63) is 59.7 Å².